The number of benzene rings is 2. The van der Waals surface area contributed by atoms with Crippen LogP contribution in [0.1, 0.15) is 44.2 Å². The molecule has 0 bridgehead atoms. The van der Waals surface area contributed by atoms with Crippen LogP contribution in [0.25, 0.3) is 17.0 Å². The average Bonchev–Trinajstić information content (AvgIpc) is 3.33. The maximum atomic E-state index is 13.4. The lowest BCUT2D eigenvalue weighted by Crippen LogP contribution is -2.46. The number of ether oxygens (including phenoxy) is 2. The fourth-order valence-corrected chi connectivity index (χ4v) is 4.32. The summed E-state index contributed by atoms with van der Waals surface area (Å²) in [6, 6.07) is 11.4. The Bertz CT molecular complexity index is 1210. The predicted molar refractivity (Wildman–Crippen MR) is 132 cm³/mol. The molecule has 4 rings (SSSR count). The molecule has 0 saturated heterocycles. The summed E-state index contributed by atoms with van der Waals surface area (Å²) in [5, 5.41) is 8.23. The van der Waals surface area contributed by atoms with Gasteiger partial charge in [0.25, 0.3) is 5.89 Å². The van der Waals surface area contributed by atoms with Gasteiger partial charge >= 0.3 is 0 Å². The van der Waals surface area contributed by atoms with Crippen LogP contribution in [-0.4, -0.2) is 40.9 Å². The normalized spacial score (nSPS) is 16.0. The van der Waals surface area contributed by atoms with E-state index in [-0.39, 0.29) is 11.9 Å². The number of aromatic nitrogens is 2. The van der Waals surface area contributed by atoms with E-state index in [1.54, 1.807) is 26.4 Å². The van der Waals surface area contributed by atoms with Crippen LogP contribution in [0.15, 0.2) is 52.7 Å². The molecule has 0 spiro atoms. The molecule has 0 saturated carbocycles. The summed E-state index contributed by atoms with van der Waals surface area (Å²) in [7, 11) is 3.20. The van der Waals surface area contributed by atoms with Gasteiger partial charge in [0, 0.05) is 17.8 Å². The van der Waals surface area contributed by atoms with E-state index in [1.165, 1.54) is 12.1 Å². The number of allylic oxidation sites excluding steroid dienone is 1. The zero-order valence-corrected chi connectivity index (χ0v) is 20.4. The van der Waals surface area contributed by atoms with E-state index in [0.717, 1.165) is 36.2 Å². The summed E-state index contributed by atoms with van der Waals surface area (Å²) >= 11 is 5.72. The third-order valence-corrected chi connectivity index (χ3v) is 6.17. The van der Waals surface area contributed by atoms with Crippen molar-refractivity contribution in [2.24, 2.45) is 0 Å². The molecular weight excluding hydrogens is 455 g/mol. The van der Waals surface area contributed by atoms with Crippen molar-refractivity contribution in [3.8, 4) is 22.9 Å². The van der Waals surface area contributed by atoms with Gasteiger partial charge in [0.1, 0.15) is 5.82 Å². The van der Waals surface area contributed by atoms with Crippen molar-refractivity contribution in [3.63, 3.8) is 0 Å². The molecule has 0 radical (unpaired) electrons. The number of nitrogens with zero attached hydrogens (tertiary/aromatic N) is 3. The Morgan fingerprint density at radius 2 is 1.85 bits per heavy atom. The van der Waals surface area contributed by atoms with Gasteiger partial charge in [0.05, 0.1) is 25.8 Å². The maximum Gasteiger partial charge on any atom is 0.258 e. The van der Waals surface area contributed by atoms with Gasteiger partial charge < -0.3 is 24.2 Å². The molecule has 9 heteroatoms. The number of unbranched alkanes of at least 4 members (excludes halogenated alkanes) is 1. The zero-order valence-electron chi connectivity index (χ0n) is 19.6. The van der Waals surface area contributed by atoms with Crippen molar-refractivity contribution >= 4 is 22.9 Å². The largest absolute Gasteiger partial charge is 0.493 e. The summed E-state index contributed by atoms with van der Waals surface area (Å²) in [4.78, 5) is 6.71. The Kier molecular flexibility index (Phi) is 7.12. The van der Waals surface area contributed by atoms with E-state index >= 15 is 0 Å². The number of methoxy groups -OCH3 is 2. The Balaban J connectivity index is 1.81. The summed E-state index contributed by atoms with van der Waals surface area (Å²) in [5.41, 5.74) is 3.33. The highest BCUT2D eigenvalue weighted by atomic mass is 32.1. The molecule has 2 heterocycles. The number of halogens is 1. The summed E-state index contributed by atoms with van der Waals surface area (Å²) in [5.74, 6) is 1.67. The summed E-state index contributed by atoms with van der Waals surface area (Å²) in [6.07, 6.45) is 2.02. The van der Waals surface area contributed by atoms with Gasteiger partial charge in [0.15, 0.2) is 16.6 Å². The van der Waals surface area contributed by atoms with Crippen molar-refractivity contribution in [1.29, 1.82) is 0 Å². The molecule has 1 aromatic heterocycles. The molecule has 3 aromatic rings. The third-order valence-electron chi connectivity index (χ3n) is 5.83. The Labute approximate surface area is 203 Å². The number of nitrogens with one attached hydrogen (secondary N) is 1. The van der Waals surface area contributed by atoms with Crippen molar-refractivity contribution in [3.05, 3.63) is 65.4 Å². The van der Waals surface area contributed by atoms with E-state index in [0.29, 0.717) is 33.9 Å². The fourth-order valence-electron chi connectivity index (χ4n) is 3.98. The van der Waals surface area contributed by atoms with Gasteiger partial charge in [0.2, 0.25) is 5.82 Å². The monoisotopic (exact) mass is 482 g/mol. The van der Waals surface area contributed by atoms with Crippen LogP contribution in [0.4, 0.5) is 4.39 Å². The SMILES string of the molecule is CCCCN1C(=S)NC(c2ccc(OC)c(OC)c2)C(c2nc(-c3ccc(F)cc3)no2)=C1C. The minimum Gasteiger partial charge on any atom is -0.493 e. The van der Waals surface area contributed by atoms with Gasteiger partial charge in [-0.2, -0.15) is 4.98 Å². The van der Waals surface area contributed by atoms with Crippen LogP contribution < -0.4 is 14.8 Å². The summed E-state index contributed by atoms with van der Waals surface area (Å²) in [6.45, 7) is 4.92. The molecule has 7 nitrogen and oxygen atoms in total. The molecule has 1 aliphatic heterocycles. The van der Waals surface area contributed by atoms with E-state index in [9.17, 15) is 4.39 Å². The van der Waals surface area contributed by atoms with Crippen LogP contribution in [0.3, 0.4) is 0 Å². The second kappa shape index (κ2) is 10.2. The van der Waals surface area contributed by atoms with Crippen molar-refractivity contribution < 1.29 is 18.4 Å². The van der Waals surface area contributed by atoms with Gasteiger partial charge in [-0.1, -0.05) is 24.6 Å². The lowest BCUT2D eigenvalue weighted by Gasteiger charge is -2.37. The topological polar surface area (TPSA) is 72.7 Å². The third kappa shape index (κ3) is 4.61. The van der Waals surface area contributed by atoms with Crippen LogP contribution in [0, 0.1) is 5.82 Å². The van der Waals surface area contributed by atoms with Crippen LogP contribution in [0.5, 0.6) is 11.5 Å². The molecule has 0 fully saturated rings. The number of thiocarbonyl (C=S) groups is 1. The number of hydrogen-bond acceptors (Lipinski definition) is 6. The molecule has 1 atom stereocenters. The standard InChI is InChI=1S/C25H27FN4O3S/c1-5-6-13-30-15(2)21(24-28-23(29-33-24)16-7-10-18(26)11-8-16)22(27-25(30)34)17-9-12-19(31-3)20(14-17)32-4/h7-12,14,22H,5-6,13H2,1-4H3,(H,27,34). The molecule has 2 aromatic carbocycles. The van der Waals surface area contributed by atoms with E-state index < -0.39 is 0 Å². The minimum atomic E-state index is -0.341. The highest BCUT2D eigenvalue weighted by Crippen LogP contribution is 2.40. The van der Waals surface area contributed by atoms with E-state index in [1.807, 2.05) is 25.1 Å². The molecule has 34 heavy (non-hydrogen) atoms. The smallest absolute Gasteiger partial charge is 0.258 e. The van der Waals surface area contributed by atoms with Gasteiger partial charge in [-0.05, 0) is 67.5 Å². The highest BCUT2D eigenvalue weighted by Gasteiger charge is 2.34. The second-order valence-corrected chi connectivity index (χ2v) is 8.32. The Morgan fingerprint density at radius 3 is 2.53 bits per heavy atom. The molecule has 1 N–H and O–H groups in total. The average molecular weight is 483 g/mol. The van der Waals surface area contributed by atoms with Crippen molar-refractivity contribution in [2.45, 2.75) is 32.7 Å². The fraction of sp³-hybridized carbons (Fsp3) is 0.320. The zero-order chi connectivity index (χ0) is 24.2. The van der Waals surface area contributed by atoms with E-state index in [2.05, 4.69) is 27.3 Å². The molecule has 1 unspecified atom stereocenters. The van der Waals surface area contributed by atoms with E-state index in [4.69, 9.17) is 26.2 Å². The van der Waals surface area contributed by atoms with Crippen molar-refractivity contribution in [2.75, 3.05) is 20.8 Å². The first-order chi connectivity index (χ1) is 16.5. The molecular formula is C25H27FN4O3S. The van der Waals surface area contributed by atoms with Crippen LogP contribution >= 0.6 is 12.2 Å². The minimum absolute atomic E-state index is 0.323. The Morgan fingerprint density at radius 1 is 1.12 bits per heavy atom. The molecule has 0 aliphatic carbocycles. The highest BCUT2D eigenvalue weighted by molar-refractivity contribution is 7.80. The summed E-state index contributed by atoms with van der Waals surface area (Å²) < 4.78 is 30.0. The molecule has 1 aliphatic rings. The van der Waals surface area contributed by atoms with Gasteiger partial charge in [-0.25, -0.2) is 4.39 Å². The van der Waals surface area contributed by atoms with Crippen molar-refractivity contribution in [1.82, 2.24) is 20.4 Å². The molecule has 178 valence electrons. The lowest BCUT2D eigenvalue weighted by atomic mass is 9.94. The first-order valence-electron chi connectivity index (χ1n) is 11.1. The predicted octanol–water partition coefficient (Wildman–Crippen LogP) is 5.36. The lowest BCUT2D eigenvalue weighted by molar-refractivity contribution is 0.354. The molecule has 0 amide bonds. The van der Waals surface area contributed by atoms with Crippen LogP contribution in [-0.2, 0) is 0 Å². The maximum absolute atomic E-state index is 13.4. The van der Waals surface area contributed by atoms with Gasteiger partial charge in [-0.3, -0.25) is 0 Å². The first-order valence-corrected chi connectivity index (χ1v) is 11.5. The number of rotatable bonds is 8. The van der Waals surface area contributed by atoms with Crippen LogP contribution in [0.2, 0.25) is 0 Å². The van der Waals surface area contributed by atoms with Gasteiger partial charge in [-0.15, -0.1) is 0 Å². The Hall–Kier alpha value is -3.46. The second-order valence-electron chi connectivity index (χ2n) is 7.93. The quantitative estimate of drug-likeness (QED) is 0.431. The number of hydrogen-bond donors (Lipinski definition) is 1. The first kappa shape index (κ1) is 23.7.